The lowest BCUT2D eigenvalue weighted by molar-refractivity contribution is -0.0991. The lowest BCUT2D eigenvalue weighted by Gasteiger charge is -2.28. The van der Waals surface area contributed by atoms with Crippen LogP contribution in [0.25, 0.3) is 0 Å². The molecule has 0 aliphatic heterocycles. The second-order valence-corrected chi connectivity index (χ2v) is 35.5. The summed E-state index contributed by atoms with van der Waals surface area (Å²) in [6.45, 7) is 21.9. The molecule has 0 bridgehead atoms. The summed E-state index contributed by atoms with van der Waals surface area (Å²) in [4.78, 5) is 0. The van der Waals surface area contributed by atoms with Crippen LogP contribution in [-0.4, -0.2) is 179 Å². The molecule has 718 valence electrons. The van der Waals surface area contributed by atoms with E-state index in [-0.39, 0.29) is 120 Å². The van der Waals surface area contributed by atoms with Gasteiger partial charge in [-0.25, -0.2) is 0 Å². The monoisotopic (exact) mass is 1800 g/mol. The van der Waals surface area contributed by atoms with Crippen molar-refractivity contribution in [1.82, 2.24) is 0 Å². The van der Waals surface area contributed by atoms with Crippen LogP contribution in [-0.2, 0) is 42.6 Å². The molecule has 16 nitrogen and oxygen atoms in total. The highest BCUT2D eigenvalue weighted by Gasteiger charge is 2.30. The third-order valence-electron chi connectivity index (χ3n) is 25.1. The summed E-state index contributed by atoms with van der Waals surface area (Å²) in [6, 6.07) is 80.9. The highest BCUT2D eigenvalue weighted by molar-refractivity contribution is 5.56. The van der Waals surface area contributed by atoms with E-state index in [9.17, 15) is 10.2 Å². The molecule has 0 aliphatic rings. The van der Waals surface area contributed by atoms with E-state index in [1.165, 1.54) is 134 Å². The molecule has 16 heteroatoms. The highest BCUT2D eigenvalue weighted by atomic mass is 16.6. The van der Waals surface area contributed by atoms with E-state index in [4.69, 9.17) is 61.9 Å². The van der Waals surface area contributed by atoms with Crippen LogP contribution in [0.2, 0.25) is 0 Å². The molecule has 9 rings (SSSR count). The van der Waals surface area contributed by atoms with Gasteiger partial charge in [-0.3, -0.25) is 0 Å². The molecule has 0 fully saturated rings. The van der Waals surface area contributed by atoms with E-state index in [1.54, 1.807) is 21.3 Å². The number of hydrogen-bond donors (Lipinski definition) is 3. The summed E-state index contributed by atoms with van der Waals surface area (Å²) in [7, 11) is 4.89. The third kappa shape index (κ3) is 40.4. The number of aliphatic hydroxyl groups is 3. The first-order valence-electron chi connectivity index (χ1n) is 49.5. The van der Waals surface area contributed by atoms with Gasteiger partial charge in [0.2, 0.25) is 0 Å². The Balaban J connectivity index is 0.00000411. The van der Waals surface area contributed by atoms with E-state index in [0.717, 1.165) is 85.1 Å². The molecule has 0 aliphatic carbocycles. The molecule has 0 spiro atoms. The average molecular weight is 1800 g/mol. The van der Waals surface area contributed by atoms with Gasteiger partial charge < -0.3 is 76.9 Å². The Morgan fingerprint density at radius 3 is 0.794 bits per heavy atom. The van der Waals surface area contributed by atoms with Crippen molar-refractivity contribution in [2.24, 2.45) is 0 Å². The van der Waals surface area contributed by atoms with Gasteiger partial charge in [0.25, 0.3) is 0 Å². The van der Waals surface area contributed by atoms with Crippen LogP contribution in [0.4, 0.5) is 0 Å². The fraction of sp³-hybridized carbons (Fsp3) is 0.530. The predicted octanol–water partition coefficient (Wildman–Crippen LogP) is 25.3. The van der Waals surface area contributed by atoms with Crippen molar-refractivity contribution in [3.05, 3.63) is 297 Å². The van der Waals surface area contributed by atoms with Crippen LogP contribution in [0, 0.1) is 0 Å². The SMILES string of the molecule is CCCCCCCCCCCCC(COC(COCCOC)COc1cccc(OCC(COCCOC)OCC(CCCCCCCCCCCC)OCC(O)COc2c(C(C)c3ccccc3)cc(C(C)c3ccccc3)cc2C(C)c2ccccc2)c1)OCC(O)COc1c(C(C)c2ccccc2)cc(C(C)c2ccccc2)cc1C(C)c1ccccc1.COCCO. The van der Waals surface area contributed by atoms with Crippen molar-refractivity contribution in [3.63, 3.8) is 0 Å². The zero-order valence-corrected chi connectivity index (χ0v) is 81.4. The summed E-state index contributed by atoms with van der Waals surface area (Å²) < 4.78 is 82.1. The number of benzene rings is 9. The molecule has 0 radical (unpaired) electrons. The average Bonchev–Trinajstić information content (AvgIpc) is 0.778. The number of ether oxygens (including phenoxy) is 13. The van der Waals surface area contributed by atoms with Gasteiger partial charge in [-0.1, -0.05) is 396 Å². The van der Waals surface area contributed by atoms with Crippen molar-refractivity contribution in [2.45, 2.75) is 269 Å². The van der Waals surface area contributed by atoms with Crippen LogP contribution in [0.1, 0.15) is 299 Å². The Morgan fingerprint density at radius 1 is 0.244 bits per heavy atom. The molecular weight excluding hydrogens is 1640 g/mol. The number of rotatable bonds is 70. The van der Waals surface area contributed by atoms with Gasteiger partial charge in [0.1, 0.15) is 73.8 Å². The van der Waals surface area contributed by atoms with Crippen LogP contribution in [0.15, 0.2) is 231 Å². The van der Waals surface area contributed by atoms with E-state index in [0.29, 0.717) is 44.5 Å². The van der Waals surface area contributed by atoms with Gasteiger partial charge in [0.15, 0.2) is 0 Å². The second kappa shape index (κ2) is 65.4. The second-order valence-electron chi connectivity index (χ2n) is 35.5. The Hall–Kier alpha value is -8.30. The maximum Gasteiger partial charge on any atom is 0.127 e. The maximum atomic E-state index is 12.1. The summed E-state index contributed by atoms with van der Waals surface area (Å²) >= 11 is 0. The molecule has 12 atom stereocenters. The number of hydrogen-bond acceptors (Lipinski definition) is 16. The molecule has 0 aromatic heterocycles. The number of aliphatic hydroxyl groups excluding tert-OH is 3. The summed E-state index contributed by atoms with van der Waals surface area (Å²) in [5.41, 5.74) is 14.0. The standard InChI is InChI=1S/C112H154O14.C3H8O2/c1-11-13-15-17-19-21-23-25-27-47-62-103(119-75-99(113)77-125-111-107(87(5)93-54-39-31-40-55-93)70-97(85(3)91-50-35-29-36-51-91)71-108(111)88(6)94-56-41-32-42-57-94)81-123-105(79-117-68-66-115-9)83-121-101-64-49-65-102(74-101)122-84-106(80-118-69-67-116-10)124-82-104(63-48-28-26-24-22-20-18-16-14-12-2)120-76-100(114)78-126-112-109(89(7)95-58-43-33-44-59-95)72-98(86(4)92-52-37-30-38-53-92)73-110(112)90(8)96-60-45-34-46-61-96;1-5-3-2-4/h29-46,49-61,64-65,70-74,85-90,99-100,103-106,113-114H,11-28,47-48,62-63,66-69,75-84H2,1-10H3;4H,2-3H2,1H3. The van der Waals surface area contributed by atoms with Crippen molar-refractivity contribution in [2.75, 3.05) is 127 Å². The minimum atomic E-state index is -0.944. The van der Waals surface area contributed by atoms with E-state index < -0.39 is 24.4 Å². The zero-order chi connectivity index (χ0) is 93.1. The van der Waals surface area contributed by atoms with Gasteiger partial charge in [0.05, 0.1) is 91.5 Å². The lowest BCUT2D eigenvalue weighted by atomic mass is 9.81. The Kier molecular flexibility index (Phi) is 53.9. The third-order valence-corrected chi connectivity index (χ3v) is 25.1. The van der Waals surface area contributed by atoms with Crippen LogP contribution < -0.4 is 18.9 Å². The smallest absolute Gasteiger partial charge is 0.127 e. The van der Waals surface area contributed by atoms with Gasteiger partial charge in [-0.05, 0) is 69.5 Å². The van der Waals surface area contributed by atoms with Crippen LogP contribution in [0.5, 0.6) is 23.0 Å². The molecule has 0 saturated heterocycles. The van der Waals surface area contributed by atoms with Gasteiger partial charge in [-0.2, -0.15) is 0 Å². The van der Waals surface area contributed by atoms with Crippen molar-refractivity contribution in [3.8, 4) is 23.0 Å². The summed E-state index contributed by atoms with van der Waals surface area (Å²) in [5.74, 6) is 2.99. The Labute approximate surface area is 788 Å². The van der Waals surface area contributed by atoms with Crippen molar-refractivity contribution < 1.29 is 76.9 Å². The molecule has 0 heterocycles. The molecule has 0 amide bonds. The van der Waals surface area contributed by atoms with Crippen LogP contribution >= 0.6 is 0 Å². The normalized spacial score (nSPS) is 14.3. The first-order valence-corrected chi connectivity index (χ1v) is 49.5. The fourth-order valence-electron chi connectivity index (χ4n) is 16.8. The molecule has 9 aromatic carbocycles. The lowest BCUT2D eigenvalue weighted by Crippen LogP contribution is -2.34. The minimum absolute atomic E-state index is 0.0107. The van der Waals surface area contributed by atoms with Gasteiger partial charge >= 0.3 is 0 Å². The Bertz CT molecular complexity index is 3930. The number of methoxy groups -OCH3 is 3. The fourth-order valence-corrected chi connectivity index (χ4v) is 16.8. The van der Waals surface area contributed by atoms with E-state index in [2.05, 4.69) is 266 Å². The van der Waals surface area contributed by atoms with Gasteiger partial charge in [-0.15, -0.1) is 0 Å². The minimum Gasteiger partial charge on any atom is -0.491 e. The van der Waals surface area contributed by atoms with Crippen molar-refractivity contribution in [1.29, 1.82) is 0 Å². The van der Waals surface area contributed by atoms with E-state index in [1.807, 2.05) is 24.3 Å². The Morgan fingerprint density at radius 2 is 0.519 bits per heavy atom. The molecular formula is C115H162O16. The molecule has 0 saturated carbocycles. The van der Waals surface area contributed by atoms with Crippen LogP contribution in [0.3, 0.4) is 0 Å². The zero-order valence-electron chi connectivity index (χ0n) is 81.4. The largest absolute Gasteiger partial charge is 0.491 e. The maximum absolute atomic E-state index is 12.1. The van der Waals surface area contributed by atoms with Crippen molar-refractivity contribution >= 4 is 0 Å². The summed E-state index contributed by atoms with van der Waals surface area (Å²) in [6.07, 6.45) is 22.3. The molecule has 12 unspecified atom stereocenters. The number of unbranched alkanes of at least 4 members (excludes halogenated alkanes) is 18. The predicted molar refractivity (Wildman–Crippen MR) is 533 cm³/mol. The first-order chi connectivity index (χ1) is 64.2. The summed E-state index contributed by atoms with van der Waals surface area (Å²) in [5, 5.41) is 32.2. The highest BCUT2D eigenvalue weighted by Crippen LogP contribution is 2.46. The molecule has 131 heavy (non-hydrogen) atoms. The van der Waals surface area contributed by atoms with Gasteiger partial charge in [0, 0.05) is 85.2 Å². The van der Waals surface area contributed by atoms with E-state index >= 15 is 0 Å². The quantitative estimate of drug-likeness (QED) is 0.0306. The first kappa shape index (κ1) is 108. The molecule has 9 aromatic rings. The molecule has 3 N–H and O–H groups in total. The topological polar surface area (TPSA) is 181 Å².